The molecule has 1 aromatic rings. The summed E-state index contributed by atoms with van der Waals surface area (Å²) in [5.74, 6) is 0.345. The molecular formula is C14H23N3O2. The molecule has 1 aromatic heterocycles. The van der Waals surface area contributed by atoms with E-state index >= 15 is 0 Å². The summed E-state index contributed by atoms with van der Waals surface area (Å²) < 4.78 is 1.75. The topological polar surface area (TPSA) is 67.2 Å². The molecule has 0 saturated heterocycles. The van der Waals surface area contributed by atoms with Gasteiger partial charge in [-0.25, -0.2) is 0 Å². The number of aliphatic hydroxyl groups is 1. The molecule has 2 N–H and O–H groups in total. The first-order chi connectivity index (χ1) is 9.13. The number of carbonyl (C=O) groups is 1. The second-order valence-electron chi connectivity index (χ2n) is 5.23. The van der Waals surface area contributed by atoms with Gasteiger partial charge in [-0.05, 0) is 44.6 Å². The Hall–Kier alpha value is -1.36. The van der Waals surface area contributed by atoms with E-state index in [-0.39, 0.29) is 12.0 Å². The number of aryl methyl sites for hydroxylation is 2. The first-order valence-electron chi connectivity index (χ1n) is 7.17. The molecule has 0 spiro atoms. The van der Waals surface area contributed by atoms with Crippen molar-refractivity contribution in [1.29, 1.82) is 0 Å². The van der Waals surface area contributed by atoms with Crippen LogP contribution in [0.2, 0.25) is 0 Å². The van der Waals surface area contributed by atoms with E-state index in [1.807, 2.05) is 19.9 Å². The van der Waals surface area contributed by atoms with E-state index in [9.17, 15) is 9.90 Å². The Bertz CT molecular complexity index is 442. The van der Waals surface area contributed by atoms with Crippen molar-refractivity contribution in [2.45, 2.75) is 52.2 Å². The number of aromatic nitrogens is 2. The van der Waals surface area contributed by atoms with Crippen LogP contribution in [0.25, 0.3) is 0 Å². The zero-order valence-electron chi connectivity index (χ0n) is 11.7. The molecule has 1 aliphatic rings. The van der Waals surface area contributed by atoms with Crippen LogP contribution in [-0.4, -0.2) is 33.4 Å². The summed E-state index contributed by atoms with van der Waals surface area (Å²) in [4.78, 5) is 12.2. The minimum Gasteiger partial charge on any atom is -0.393 e. The third kappa shape index (κ3) is 3.35. The number of nitrogens with zero attached hydrogens (tertiary/aromatic N) is 2. The molecule has 0 aromatic carbocycles. The molecule has 1 saturated carbocycles. The van der Waals surface area contributed by atoms with Crippen molar-refractivity contribution in [2.75, 3.05) is 6.54 Å². The second-order valence-corrected chi connectivity index (χ2v) is 5.23. The molecule has 19 heavy (non-hydrogen) atoms. The van der Waals surface area contributed by atoms with E-state index in [1.165, 1.54) is 0 Å². The van der Waals surface area contributed by atoms with Crippen LogP contribution in [0.1, 0.15) is 49.3 Å². The van der Waals surface area contributed by atoms with Gasteiger partial charge in [-0.1, -0.05) is 6.92 Å². The Morgan fingerprint density at radius 1 is 1.53 bits per heavy atom. The molecule has 106 valence electrons. The molecule has 1 amide bonds. The van der Waals surface area contributed by atoms with E-state index < -0.39 is 0 Å². The number of aliphatic hydroxyl groups excluding tert-OH is 1. The molecule has 5 heteroatoms. The number of amides is 1. The van der Waals surface area contributed by atoms with E-state index in [4.69, 9.17) is 0 Å². The number of hydrogen-bond donors (Lipinski definition) is 2. The van der Waals surface area contributed by atoms with E-state index in [1.54, 1.807) is 4.68 Å². The Labute approximate surface area is 114 Å². The van der Waals surface area contributed by atoms with Crippen LogP contribution < -0.4 is 5.32 Å². The SMILES string of the molecule is CCc1cc(C(=O)NCC2CCC(O)C2)n(CC)n1. The van der Waals surface area contributed by atoms with Crippen LogP contribution >= 0.6 is 0 Å². The highest BCUT2D eigenvalue weighted by atomic mass is 16.3. The number of nitrogens with one attached hydrogen (secondary N) is 1. The molecule has 5 nitrogen and oxygen atoms in total. The van der Waals surface area contributed by atoms with Crippen LogP contribution in [0.15, 0.2) is 6.07 Å². The maximum Gasteiger partial charge on any atom is 0.269 e. The third-order valence-electron chi connectivity index (χ3n) is 3.79. The van der Waals surface area contributed by atoms with Gasteiger partial charge < -0.3 is 10.4 Å². The maximum absolute atomic E-state index is 12.2. The van der Waals surface area contributed by atoms with Gasteiger partial charge in [-0.3, -0.25) is 9.48 Å². The van der Waals surface area contributed by atoms with Crippen molar-refractivity contribution in [3.63, 3.8) is 0 Å². The van der Waals surface area contributed by atoms with Crippen molar-refractivity contribution in [3.05, 3.63) is 17.5 Å². The van der Waals surface area contributed by atoms with Gasteiger partial charge in [0.2, 0.25) is 0 Å². The van der Waals surface area contributed by atoms with Gasteiger partial charge >= 0.3 is 0 Å². The van der Waals surface area contributed by atoms with Gasteiger partial charge in [0, 0.05) is 13.1 Å². The molecule has 2 atom stereocenters. The molecule has 2 rings (SSSR count). The lowest BCUT2D eigenvalue weighted by Gasteiger charge is -2.11. The monoisotopic (exact) mass is 265 g/mol. The first kappa shape index (κ1) is 14.1. The molecular weight excluding hydrogens is 242 g/mol. The summed E-state index contributed by atoms with van der Waals surface area (Å²) in [7, 11) is 0. The van der Waals surface area contributed by atoms with Crippen LogP contribution in [-0.2, 0) is 13.0 Å². The van der Waals surface area contributed by atoms with Crippen LogP contribution in [0.5, 0.6) is 0 Å². The normalized spacial score (nSPS) is 22.7. The van der Waals surface area contributed by atoms with E-state index in [0.29, 0.717) is 24.7 Å². The molecule has 0 radical (unpaired) electrons. The predicted molar refractivity (Wildman–Crippen MR) is 73.0 cm³/mol. The molecule has 0 aliphatic heterocycles. The summed E-state index contributed by atoms with van der Waals surface area (Å²) in [6, 6.07) is 1.86. The van der Waals surface area contributed by atoms with Gasteiger partial charge in [0.15, 0.2) is 0 Å². The van der Waals surface area contributed by atoms with E-state index in [2.05, 4.69) is 10.4 Å². The number of carbonyl (C=O) groups excluding carboxylic acids is 1. The summed E-state index contributed by atoms with van der Waals surface area (Å²) in [5.41, 5.74) is 1.58. The Morgan fingerprint density at radius 2 is 2.32 bits per heavy atom. The zero-order chi connectivity index (χ0) is 13.8. The van der Waals surface area contributed by atoms with Gasteiger partial charge in [0.25, 0.3) is 5.91 Å². The summed E-state index contributed by atoms with van der Waals surface area (Å²) in [6.45, 7) is 5.36. The summed E-state index contributed by atoms with van der Waals surface area (Å²) in [5, 5.41) is 16.8. The zero-order valence-corrected chi connectivity index (χ0v) is 11.7. The smallest absolute Gasteiger partial charge is 0.269 e. The molecule has 0 bridgehead atoms. The fourth-order valence-electron chi connectivity index (χ4n) is 2.63. The van der Waals surface area contributed by atoms with Crippen molar-refractivity contribution in [3.8, 4) is 0 Å². The first-order valence-corrected chi connectivity index (χ1v) is 7.17. The van der Waals surface area contributed by atoms with Gasteiger partial charge in [0.05, 0.1) is 11.8 Å². The van der Waals surface area contributed by atoms with Crippen molar-refractivity contribution < 1.29 is 9.90 Å². The minimum atomic E-state index is -0.185. The number of rotatable bonds is 5. The summed E-state index contributed by atoms with van der Waals surface area (Å²) in [6.07, 6.45) is 3.30. The standard InChI is InChI=1S/C14H23N3O2/c1-3-11-8-13(17(4-2)16-11)14(19)15-9-10-5-6-12(18)7-10/h8,10,12,18H,3-7,9H2,1-2H3,(H,15,19). The lowest BCUT2D eigenvalue weighted by atomic mass is 10.1. The lowest BCUT2D eigenvalue weighted by molar-refractivity contribution is 0.0934. The molecule has 2 unspecified atom stereocenters. The van der Waals surface area contributed by atoms with Crippen molar-refractivity contribution >= 4 is 5.91 Å². The minimum absolute atomic E-state index is 0.0598. The van der Waals surface area contributed by atoms with Gasteiger partial charge in [-0.2, -0.15) is 5.10 Å². The van der Waals surface area contributed by atoms with Crippen LogP contribution in [0.3, 0.4) is 0 Å². The maximum atomic E-state index is 12.2. The quantitative estimate of drug-likeness (QED) is 0.844. The third-order valence-corrected chi connectivity index (χ3v) is 3.79. The molecule has 1 heterocycles. The highest BCUT2D eigenvalue weighted by Gasteiger charge is 2.23. The van der Waals surface area contributed by atoms with Crippen molar-refractivity contribution in [1.82, 2.24) is 15.1 Å². The van der Waals surface area contributed by atoms with Crippen molar-refractivity contribution in [2.24, 2.45) is 5.92 Å². The Morgan fingerprint density at radius 3 is 2.89 bits per heavy atom. The molecule has 1 aliphatic carbocycles. The number of hydrogen-bond acceptors (Lipinski definition) is 3. The van der Waals surface area contributed by atoms with Gasteiger partial charge in [0.1, 0.15) is 5.69 Å². The van der Waals surface area contributed by atoms with Crippen LogP contribution in [0, 0.1) is 5.92 Å². The average molecular weight is 265 g/mol. The second kappa shape index (κ2) is 6.19. The Kier molecular flexibility index (Phi) is 4.58. The molecule has 1 fully saturated rings. The lowest BCUT2D eigenvalue weighted by Crippen LogP contribution is -2.30. The van der Waals surface area contributed by atoms with Crippen LogP contribution in [0.4, 0.5) is 0 Å². The Balaban J connectivity index is 1.93. The fraction of sp³-hybridized carbons (Fsp3) is 0.714. The van der Waals surface area contributed by atoms with E-state index in [0.717, 1.165) is 31.4 Å². The largest absolute Gasteiger partial charge is 0.393 e. The predicted octanol–water partition coefficient (Wildman–Crippen LogP) is 1.36. The highest BCUT2D eigenvalue weighted by molar-refractivity contribution is 5.92. The average Bonchev–Trinajstić information content (AvgIpc) is 3.01. The fourth-order valence-corrected chi connectivity index (χ4v) is 2.63. The highest BCUT2D eigenvalue weighted by Crippen LogP contribution is 2.24. The summed E-state index contributed by atoms with van der Waals surface area (Å²) >= 11 is 0. The van der Waals surface area contributed by atoms with Gasteiger partial charge in [-0.15, -0.1) is 0 Å².